The minimum Gasteiger partial charge on any atom is -0.348 e. The average Bonchev–Trinajstić information content (AvgIpc) is 3.36. The molecule has 160 valence electrons. The predicted octanol–water partition coefficient (Wildman–Crippen LogP) is 5.15. The number of H-pyrrole nitrogens is 1. The number of nitrogens with one attached hydrogen (secondary N) is 2. The smallest absolute Gasteiger partial charge is 0.278 e. The van der Waals surface area contributed by atoms with Crippen molar-refractivity contribution >= 4 is 29.5 Å². The molecule has 0 aliphatic heterocycles. The van der Waals surface area contributed by atoms with E-state index >= 15 is 0 Å². The van der Waals surface area contributed by atoms with Crippen LogP contribution in [0.4, 0.5) is 5.69 Å². The Morgan fingerprint density at radius 3 is 2.53 bits per heavy atom. The van der Waals surface area contributed by atoms with Gasteiger partial charge in [-0.15, -0.1) is 0 Å². The van der Waals surface area contributed by atoms with Gasteiger partial charge in [0.05, 0.1) is 12.0 Å². The maximum Gasteiger partial charge on any atom is 0.278 e. The van der Waals surface area contributed by atoms with E-state index in [-0.39, 0.29) is 5.91 Å². The molecule has 0 fully saturated rings. The van der Waals surface area contributed by atoms with Crippen molar-refractivity contribution in [3.05, 3.63) is 108 Å². The minimum atomic E-state index is -0.348. The summed E-state index contributed by atoms with van der Waals surface area (Å²) in [5, 5.41) is 2.36. The summed E-state index contributed by atoms with van der Waals surface area (Å²) in [5.74, 6) is -0.348. The summed E-state index contributed by atoms with van der Waals surface area (Å²) in [7, 11) is 0. The van der Waals surface area contributed by atoms with Gasteiger partial charge < -0.3 is 4.98 Å². The first-order valence-corrected chi connectivity index (χ1v) is 10.6. The number of hydrogen-bond donors (Lipinski definition) is 2. The number of hydrogen-bond acceptors (Lipinski definition) is 3. The van der Waals surface area contributed by atoms with Crippen molar-refractivity contribution in [2.24, 2.45) is 4.99 Å². The van der Waals surface area contributed by atoms with Crippen molar-refractivity contribution in [2.75, 3.05) is 11.6 Å². The number of nitrogens with zero attached hydrogens (tertiary/aromatic N) is 3. The number of amides is 1. The predicted molar refractivity (Wildman–Crippen MR) is 129 cm³/mol. The van der Waals surface area contributed by atoms with Gasteiger partial charge in [0, 0.05) is 41.0 Å². The molecule has 2 N–H and O–H groups in total. The first kappa shape index (κ1) is 21.5. The van der Waals surface area contributed by atoms with Crippen LogP contribution < -0.4 is 10.4 Å². The van der Waals surface area contributed by atoms with Crippen LogP contribution in [-0.4, -0.2) is 28.8 Å². The molecule has 0 radical (unpaired) electrons. The lowest BCUT2D eigenvalue weighted by Crippen LogP contribution is -2.39. The Balaban J connectivity index is 1.60. The van der Waals surface area contributed by atoms with Gasteiger partial charge in [0.1, 0.15) is 6.34 Å². The van der Waals surface area contributed by atoms with Gasteiger partial charge in [-0.3, -0.25) is 9.80 Å². The van der Waals surface area contributed by atoms with Gasteiger partial charge in [0.15, 0.2) is 0 Å². The van der Waals surface area contributed by atoms with Crippen molar-refractivity contribution < 1.29 is 4.79 Å². The van der Waals surface area contributed by atoms with E-state index in [2.05, 4.69) is 32.5 Å². The lowest BCUT2D eigenvalue weighted by molar-refractivity contribution is 0.100. The number of aromatic amines is 1. The summed E-state index contributed by atoms with van der Waals surface area (Å²) in [6.45, 7) is 0.618. The van der Waals surface area contributed by atoms with Gasteiger partial charge >= 0.3 is 0 Å². The van der Waals surface area contributed by atoms with E-state index in [9.17, 15) is 4.79 Å². The van der Waals surface area contributed by atoms with Crippen LogP contribution in [0.3, 0.4) is 0 Å². The highest BCUT2D eigenvalue weighted by atomic mass is 35.5. The Kier molecular flexibility index (Phi) is 7.07. The van der Waals surface area contributed by atoms with Gasteiger partial charge in [-0.25, -0.2) is 10.4 Å². The number of carbonyl (C=O) groups is 1. The lowest BCUT2D eigenvalue weighted by atomic mass is 10.0. The SMILES string of the molecule is O=C(N=CN(NCCc1cnc[nH]1)c1ccccc1-c1ccccc1)c1ccc(Cl)cc1. The molecule has 7 heteroatoms. The number of para-hydroxylation sites is 1. The molecule has 0 atom stereocenters. The summed E-state index contributed by atoms with van der Waals surface area (Å²) in [5.41, 5.74) is 7.83. The van der Waals surface area contributed by atoms with E-state index in [0.717, 1.165) is 28.9 Å². The first-order valence-electron chi connectivity index (χ1n) is 10.2. The Bertz CT molecular complexity index is 1170. The molecule has 4 rings (SSSR count). The third-order valence-electron chi connectivity index (χ3n) is 4.86. The zero-order valence-corrected chi connectivity index (χ0v) is 18.0. The number of rotatable bonds is 8. The summed E-state index contributed by atoms with van der Waals surface area (Å²) in [4.78, 5) is 23.9. The number of imidazole rings is 1. The van der Waals surface area contributed by atoms with Crippen LogP contribution in [0.15, 0.2) is 96.4 Å². The quantitative estimate of drug-likeness (QED) is 0.224. The monoisotopic (exact) mass is 443 g/mol. The highest BCUT2D eigenvalue weighted by molar-refractivity contribution is 6.30. The van der Waals surface area contributed by atoms with Crippen molar-refractivity contribution in [1.29, 1.82) is 0 Å². The fourth-order valence-corrected chi connectivity index (χ4v) is 3.37. The van der Waals surface area contributed by atoms with Gasteiger partial charge in [0.2, 0.25) is 0 Å². The fourth-order valence-electron chi connectivity index (χ4n) is 3.24. The van der Waals surface area contributed by atoms with E-state index in [0.29, 0.717) is 17.1 Å². The molecular formula is C25H22ClN5O. The van der Waals surface area contributed by atoms with Gasteiger partial charge in [0.25, 0.3) is 5.91 Å². The molecule has 4 aromatic rings. The summed E-state index contributed by atoms with van der Waals surface area (Å²) in [6, 6.07) is 24.8. The van der Waals surface area contributed by atoms with Crippen LogP contribution in [0, 0.1) is 0 Å². The molecule has 0 unspecified atom stereocenters. The van der Waals surface area contributed by atoms with Crippen LogP contribution in [-0.2, 0) is 6.42 Å². The Labute approximate surface area is 191 Å². The first-order chi connectivity index (χ1) is 15.7. The topological polar surface area (TPSA) is 73.4 Å². The molecule has 1 aromatic heterocycles. The molecule has 0 aliphatic rings. The molecule has 0 saturated heterocycles. The average molecular weight is 444 g/mol. The summed E-state index contributed by atoms with van der Waals surface area (Å²) >= 11 is 5.92. The highest BCUT2D eigenvalue weighted by Gasteiger charge is 2.12. The molecular weight excluding hydrogens is 422 g/mol. The van der Waals surface area contributed by atoms with Crippen LogP contribution in [0.2, 0.25) is 5.02 Å². The number of anilines is 1. The highest BCUT2D eigenvalue weighted by Crippen LogP contribution is 2.29. The standard InChI is InChI=1S/C25H22ClN5O/c26-21-12-10-20(11-13-21)25(32)29-18-31(30-15-14-22-16-27-17-28-22)24-9-5-4-8-23(24)19-6-2-1-3-7-19/h1-13,16-18,30H,14-15H2,(H,27,28). The largest absolute Gasteiger partial charge is 0.348 e. The zero-order chi connectivity index (χ0) is 22.2. The third kappa shape index (κ3) is 5.49. The number of carbonyl (C=O) groups excluding carboxylic acids is 1. The van der Waals surface area contributed by atoms with E-state index in [1.807, 2.05) is 42.5 Å². The molecule has 32 heavy (non-hydrogen) atoms. The lowest BCUT2D eigenvalue weighted by Gasteiger charge is -2.23. The molecule has 3 aromatic carbocycles. The van der Waals surface area contributed by atoms with Crippen LogP contribution in [0.25, 0.3) is 11.1 Å². The maximum atomic E-state index is 12.6. The van der Waals surface area contributed by atoms with Crippen molar-refractivity contribution in [1.82, 2.24) is 15.4 Å². The van der Waals surface area contributed by atoms with Crippen LogP contribution in [0.5, 0.6) is 0 Å². The normalized spacial score (nSPS) is 11.0. The number of hydrazine groups is 1. The van der Waals surface area contributed by atoms with Crippen molar-refractivity contribution in [3.8, 4) is 11.1 Å². The molecule has 0 spiro atoms. The van der Waals surface area contributed by atoms with Crippen LogP contribution in [0.1, 0.15) is 16.1 Å². The second kappa shape index (κ2) is 10.5. The van der Waals surface area contributed by atoms with E-state index in [1.54, 1.807) is 41.8 Å². The van der Waals surface area contributed by atoms with Gasteiger partial charge in [-0.05, 0) is 35.9 Å². The number of benzene rings is 3. The zero-order valence-electron chi connectivity index (χ0n) is 17.3. The number of halogens is 1. The van der Waals surface area contributed by atoms with Gasteiger partial charge in [-0.1, -0.05) is 60.1 Å². The van der Waals surface area contributed by atoms with E-state index < -0.39 is 0 Å². The molecule has 1 amide bonds. The minimum absolute atomic E-state index is 0.348. The molecule has 1 heterocycles. The second-order valence-electron chi connectivity index (χ2n) is 7.04. The van der Waals surface area contributed by atoms with Crippen molar-refractivity contribution in [3.63, 3.8) is 0 Å². The molecule has 6 nitrogen and oxygen atoms in total. The Morgan fingerprint density at radius 1 is 1.03 bits per heavy atom. The summed E-state index contributed by atoms with van der Waals surface area (Å²) < 4.78 is 0. The van der Waals surface area contributed by atoms with Crippen LogP contribution >= 0.6 is 11.6 Å². The second-order valence-corrected chi connectivity index (χ2v) is 7.48. The third-order valence-corrected chi connectivity index (χ3v) is 5.11. The van der Waals surface area contributed by atoms with E-state index in [4.69, 9.17) is 11.6 Å². The van der Waals surface area contributed by atoms with Gasteiger partial charge in [-0.2, -0.15) is 4.99 Å². The number of aromatic nitrogens is 2. The van der Waals surface area contributed by atoms with Crippen molar-refractivity contribution in [2.45, 2.75) is 6.42 Å². The summed E-state index contributed by atoms with van der Waals surface area (Å²) in [6.07, 6.45) is 5.71. The maximum absolute atomic E-state index is 12.6. The number of aliphatic imine (C=N–C) groups is 1. The molecule has 0 aliphatic carbocycles. The Morgan fingerprint density at radius 2 is 1.78 bits per heavy atom. The Hall–Kier alpha value is -3.74. The molecule has 0 bridgehead atoms. The van der Waals surface area contributed by atoms with E-state index in [1.165, 1.54) is 6.34 Å². The fraction of sp³-hybridized carbons (Fsp3) is 0.0800. The molecule has 0 saturated carbocycles.